The summed E-state index contributed by atoms with van der Waals surface area (Å²) in [5.74, 6) is 0. The number of nitrogens with zero attached hydrogens (tertiary/aromatic N) is 1. The highest BCUT2D eigenvalue weighted by molar-refractivity contribution is 7.91. The zero-order chi connectivity index (χ0) is 15.7. The molecule has 1 N–H and O–H groups in total. The first-order chi connectivity index (χ1) is 9.71. The van der Waals surface area contributed by atoms with Crippen molar-refractivity contribution < 1.29 is 8.42 Å². The predicted octanol–water partition coefficient (Wildman–Crippen LogP) is 3.06. The number of sulfonamides is 1. The molecular formula is C15H26N2O2S2. The molecule has 1 aliphatic rings. The average molecular weight is 331 g/mol. The second-order valence-corrected chi connectivity index (χ2v) is 10.2. The van der Waals surface area contributed by atoms with Crippen molar-refractivity contribution >= 4 is 21.4 Å². The average Bonchev–Trinajstić information content (AvgIpc) is 2.84. The zero-order valence-corrected chi connectivity index (χ0v) is 15.0. The lowest BCUT2D eigenvalue weighted by Gasteiger charge is -2.36. The van der Waals surface area contributed by atoms with Crippen LogP contribution in [0.1, 0.15) is 45.4 Å². The van der Waals surface area contributed by atoms with Gasteiger partial charge in [-0.25, -0.2) is 8.42 Å². The lowest BCUT2D eigenvalue weighted by Crippen LogP contribution is -2.43. The van der Waals surface area contributed by atoms with Gasteiger partial charge in [0.25, 0.3) is 10.0 Å². The number of piperidine rings is 1. The largest absolute Gasteiger partial charge is 0.310 e. The third-order valence-electron chi connectivity index (χ3n) is 3.78. The minimum atomic E-state index is -3.33. The number of thiophene rings is 1. The van der Waals surface area contributed by atoms with Gasteiger partial charge >= 0.3 is 0 Å². The van der Waals surface area contributed by atoms with Crippen molar-refractivity contribution in [2.75, 3.05) is 13.1 Å². The fourth-order valence-electron chi connectivity index (χ4n) is 2.60. The van der Waals surface area contributed by atoms with E-state index in [4.69, 9.17) is 0 Å². The topological polar surface area (TPSA) is 49.4 Å². The molecule has 0 saturated carbocycles. The minimum absolute atomic E-state index is 0.0740. The van der Waals surface area contributed by atoms with Crippen molar-refractivity contribution in [3.63, 3.8) is 0 Å². The molecule has 0 unspecified atom stereocenters. The molecule has 0 atom stereocenters. The maximum absolute atomic E-state index is 12.7. The number of hydrogen-bond donors (Lipinski definition) is 1. The molecule has 1 aromatic rings. The molecule has 21 heavy (non-hydrogen) atoms. The molecule has 0 bridgehead atoms. The normalized spacial score (nSPS) is 20.0. The summed E-state index contributed by atoms with van der Waals surface area (Å²) >= 11 is 1.38. The second kappa shape index (κ2) is 6.36. The molecule has 6 heteroatoms. The summed E-state index contributed by atoms with van der Waals surface area (Å²) in [6, 6.07) is 4.07. The van der Waals surface area contributed by atoms with Gasteiger partial charge in [-0.15, -0.1) is 11.3 Å². The van der Waals surface area contributed by atoms with E-state index in [1.807, 2.05) is 6.07 Å². The van der Waals surface area contributed by atoms with Crippen molar-refractivity contribution in [3.8, 4) is 0 Å². The second-order valence-electron chi connectivity index (χ2n) is 6.86. The molecule has 0 amide bonds. The van der Waals surface area contributed by atoms with E-state index in [9.17, 15) is 8.42 Å². The van der Waals surface area contributed by atoms with Crippen LogP contribution in [0.3, 0.4) is 0 Å². The van der Waals surface area contributed by atoms with Crippen LogP contribution in [0.2, 0.25) is 0 Å². The third kappa shape index (κ3) is 4.28. The van der Waals surface area contributed by atoms with E-state index in [1.165, 1.54) is 11.3 Å². The molecule has 0 aliphatic carbocycles. The van der Waals surface area contributed by atoms with Gasteiger partial charge in [0.15, 0.2) is 0 Å². The summed E-state index contributed by atoms with van der Waals surface area (Å²) < 4.78 is 27.6. The Kier molecular flexibility index (Phi) is 5.13. The Morgan fingerprint density at radius 1 is 1.38 bits per heavy atom. The van der Waals surface area contributed by atoms with E-state index in [1.54, 1.807) is 10.4 Å². The summed E-state index contributed by atoms with van der Waals surface area (Å²) in [7, 11) is -3.33. The van der Waals surface area contributed by atoms with Gasteiger partial charge in [-0.3, -0.25) is 0 Å². The molecule has 0 radical (unpaired) electrons. The molecule has 2 heterocycles. The number of hydrogen-bond acceptors (Lipinski definition) is 4. The highest BCUT2D eigenvalue weighted by atomic mass is 32.2. The molecule has 1 saturated heterocycles. The molecule has 2 rings (SSSR count). The molecular weight excluding hydrogens is 304 g/mol. The lowest BCUT2D eigenvalue weighted by molar-refractivity contribution is 0.187. The smallest absolute Gasteiger partial charge is 0.252 e. The van der Waals surface area contributed by atoms with Gasteiger partial charge in [0.05, 0.1) is 0 Å². The van der Waals surface area contributed by atoms with Gasteiger partial charge < -0.3 is 5.32 Å². The Labute approximate surface area is 132 Å². The Morgan fingerprint density at radius 3 is 2.71 bits per heavy atom. The van der Waals surface area contributed by atoms with Crippen LogP contribution in [0, 0.1) is 5.41 Å². The molecule has 120 valence electrons. The van der Waals surface area contributed by atoms with Crippen LogP contribution in [-0.2, 0) is 16.6 Å². The maximum atomic E-state index is 12.7. The summed E-state index contributed by atoms with van der Waals surface area (Å²) in [6.07, 6.45) is 2.03. The van der Waals surface area contributed by atoms with E-state index in [-0.39, 0.29) is 5.41 Å². The SMILES string of the molecule is CC(C)NCc1ccc(S(=O)(=O)N2CCCC(C)(C)C2)s1. The van der Waals surface area contributed by atoms with Crippen LogP contribution in [-0.4, -0.2) is 31.9 Å². The molecule has 1 fully saturated rings. The van der Waals surface area contributed by atoms with Crippen LogP contribution in [0.4, 0.5) is 0 Å². The van der Waals surface area contributed by atoms with Gasteiger partial charge in [-0.05, 0) is 30.4 Å². The van der Waals surface area contributed by atoms with Crippen molar-refractivity contribution in [1.29, 1.82) is 0 Å². The van der Waals surface area contributed by atoms with Crippen molar-refractivity contribution in [3.05, 3.63) is 17.0 Å². The van der Waals surface area contributed by atoms with Crippen molar-refractivity contribution in [2.45, 2.75) is 57.3 Å². The summed E-state index contributed by atoms with van der Waals surface area (Å²) in [5, 5.41) is 3.32. The van der Waals surface area contributed by atoms with Gasteiger partial charge in [0, 0.05) is 30.6 Å². The molecule has 1 aromatic heterocycles. The van der Waals surface area contributed by atoms with Gasteiger partial charge in [-0.2, -0.15) is 4.31 Å². The van der Waals surface area contributed by atoms with Crippen LogP contribution >= 0.6 is 11.3 Å². The molecule has 0 spiro atoms. The summed E-state index contributed by atoms with van der Waals surface area (Å²) in [4.78, 5) is 1.07. The highest BCUT2D eigenvalue weighted by Crippen LogP contribution is 2.33. The monoisotopic (exact) mass is 330 g/mol. The first-order valence-corrected chi connectivity index (χ1v) is 9.79. The van der Waals surface area contributed by atoms with E-state index in [0.717, 1.165) is 24.3 Å². The molecule has 4 nitrogen and oxygen atoms in total. The van der Waals surface area contributed by atoms with E-state index >= 15 is 0 Å². The molecule has 1 aliphatic heterocycles. The number of rotatable bonds is 5. The summed E-state index contributed by atoms with van der Waals surface area (Å²) in [5.41, 5.74) is 0.0740. The van der Waals surface area contributed by atoms with Crippen LogP contribution in [0.25, 0.3) is 0 Å². The Bertz CT molecular complexity index is 576. The lowest BCUT2D eigenvalue weighted by atomic mass is 9.85. The predicted molar refractivity (Wildman–Crippen MR) is 88.1 cm³/mol. The number of nitrogens with one attached hydrogen (secondary N) is 1. The van der Waals surface area contributed by atoms with Crippen molar-refractivity contribution in [1.82, 2.24) is 9.62 Å². The highest BCUT2D eigenvalue weighted by Gasteiger charge is 2.34. The fourth-order valence-corrected chi connectivity index (χ4v) is 5.73. The first kappa shape index (κ1) is 16.9. The van der Waals surface area contributed by atoms with Gasteiger partial charge in [0.2, 0.25) is 0 Å². The Balaban J connectivity index is 2.12. The molecule has 0 aromatic carbocycles. The fraction of sp³-hybridized carbons (Fsp3) is 0.733. The minimum Gasteiger partial charge on any atom is -0.310 e. The quantitative estimate of drug-likeness (QED) is 0.903. The van der Waals surface area contributed by atoms with Crippen molar-refractivity contribution in [2.24, 2.45) is 5.41 Å². The summed E-state index contributed by atoms with van der Waals surface area (Å²) in [6.45, 7) is 10.4. The van der Waals surface area contributed by atoms with Crippen LogP contribution in [0.15, 0.2) is 16.3 Å². The van der Waals surface area contributed by atoms with Crippen LogP contribution < -0.4 is 5.32 Å². The zero-order valence-electron chi connectivity index (χ0n) is 13.3. The third-order valence-corrected chi connectivity index (χ3v) is 7.18. The van der Waals surface area contributed by atoms with Crippen LogP contribution in [0.5, 0.6) is 0 Å². The van der Waals surface area contributed by atoms with E-state index in [0.29, 0.717) is 23.3 Å². The van der Waals surface area contributed by atoms with Gasteiger partial charge in [0.1, 0.15) is 4.21 Å². The standard InChI is InChI=1S/C15H26N2O2S2/c1-12(2)16-10-13-6-7-14(20-13)21(18,19)17-9-5-8-15(3,4)11-17/h6-7,12,16H,5,8-11H2,1-4H3. The van der Waals surface area contributed by atoms with E-state index in [2.05, 4.69) is 33.0 Å². The maximum Gasteiger partial charge on any atom is 0.252 e. The van der Waals surface area contributed by atoms with E-state index < -0.39 is 10.0 Å². The first-order valence-electron chi connectivity index (χ1n) is 7.53. The Morgan fingerprint density at radius 2 is 2.10 bits per heavy atom. The Hall–Kier alpha value is -0.430. The van der Waals surface area contributed by atoms with Gasteiger partial charge in [-0.1, -0.05) is 27.7 Å².